The van der Waals surface area contributed by atoms with E-state index in [0.29, 0.717) is 12.5 Å². The van der Waals surface area contributed by atoms with Crippen LogP contribution in [-0.4, -0.2) is 18.7 Å². The van der Waals surface area contributed by atoms with Crippen molar-refractivity contribution in [3.8, 4) is 22.8 Å². The third kappa shape index (κ3) is 3.05. The van der Waals surface area contributed by atoms with E-state index in [9.17, 15) is 0 Å². The van der Waals surface area contributed by atoms with Crippen LogP contribution in [0.4, 0.5) is 0 Å². The lowest BCUT2D eigenvalue weighted by atomic mass is 10.0. The molecule has 0 fully saturated rings. The van der Waals surface area contributed by atoms with Crippen molar-refractivity contribution in [1.82, 2.24) is 4.98 Å². The molecular weight excluding hydrogens is 238 g/mol. The number of nitrogens with zero attached hydrogens (tertiary/aromatic N) is 1. The lowest BCUT2D eigenvalue weighted by molar-refractivity contribution is 0.327. The van der Waals surface area contributed by atoms with Crippen LogP contribution in [0.2, 0.25) is 0 Å². The van der Waals surface area contributed by atoms with Gasteiger partial charge in [0.15, 0.2) is 0 Å². The predicted octanol–water partition coefficient (Wildman–Crippen LogP) is 3.72. The van der Waals surface area contributed by atoms with E-state index < -0.39 is 0 Å². The second-order valence-electron chi connectivity index (χ2n) is 4.20. The Morgan fingerprint density at radius 1 is 1.05 bits per heavy atom. The predicted molar refractivity (Wildman–Crippen MR) is 76.8 cm³/mol. The number of hydrogen-bond acceptors (Lipinski definition) is 3. The molecule has 19 heavy (non-hydrogen) atoms. The van der Waals surface area contributed by atoms with E-state index in [1.165, 1.54) is 5.56 Å². The Labute approximate surface area is 114 Å². The van der Waals surface area contributed by atoms with Crippen LogP contribution in [0.5, 0.6) is 11.6 Å². The van der Waals surface area contributed by atoms with Crippen molar-refractivity contribution >= 4 is 0 Å². The average molecular weight is 257 g/mol. The lowest BCUT2D eigenvalue weighted by Crippen LogP contribution is -1.95. The first-order chi connectivity index (χ1) is 9.28. The number of aryl methyl sites for hydroxylation is 1. The third-order valence-electron chi connectivity index (χ3n) is 3.02. The molecule has 0 N–H and O–H groups in total. The molecule has 3 nitrogen and oxygen atoms in total. The Balaban J connectivity index is 2.38. The van der Waals surface area contributed by atoms with Gasteiger partial charge in [-0.3, -0.25) is 0 Å². The Kier molecular flexibility index (Phi) is 4.39. The van der Waals surface area contributed by atoms with Crippen LogP contribution in [0.25, 0.3) is 11.1 Å². The number of hydrogen-bond donors (Lipinski definition) is 0. The number of pyridine rings is 1. The second kappa shape index (κ2) is 6.23. The summed E-state index contributed by atoms with van der Waals surface area (Å²) in [5, 5.41) is 0. The average Bonchev–Trinajstić information content (AvgIpc) is 2.47. The van der Waals surface area contributed by atoms with Gasteiger partial charge in [-0.25, -0.2) is 4.98 Å². The van der Waals surface area contributed by atoms with Gasteiger partial charge in [0.05, 0.1) is 13.7 Å². The quantitative estimate of drug-likeness (QED) is 0.818. The Bertz CT molecular complexity index is 552. The van der Waals surface area contributed by atoms with Crippen LogP contribution in [0.3, 0.4) is 0 Å². The minimum atomic E-state index is 0.624. The maximum Gasteiger partial charge on any atom is 0.213 e. The molecule has 0 atom stereocenters. The summed E-state index contributed by atoms with van der Waals surface area (Å²) in [4.78, 5) is 4.18. The summed E-state index contributed by atoms with van der Waals surface area (Å²) in [6.45, 7) is 4.70. The molecule has 100 valence electrons. The van der Waals surface area contributed by atoms with Crippen molar-refractivity contribution in [3.05, 3.63) is 42.1 Å². The molecule has 0 saturated carbocycles. The van der Waals surface area contributed by atoms with E-state index in [1.807, 2.05) is 25.1 Å². The summed E-state index contributed by atoms with van der Waals surface area (Å²) >= 11 is 0. The Morgan fingerprint density at radius 2 is 1.84 bits per heavy atom. The molecular formula is C16H19NO2. The van der Waals surface area contributed by atoms with Crippen LogP contribution < -0.4 is 9.47 Å². The van der Waals surface area contributed by atoms with Crippen molar-refractivity contribution in [3.63, 3.8) is 0 Å². The zero-order valence-electron chi connectivity index (χ0n) is 11.6. The van der Waals surface area contributed by atoms with Gasteiger partial charge in [0.1, 0.15) is 5.75 Å². The third-order valence-corrected chi connectivity index (χ3v) is 3.02. The Morgan fingerprint density at radius 3 is 2.53 bits per heavy atom. The van der Waals surface area contributed by atoms with Gasteiger partial charge in [-0.15, -0.1) is 0 Å². The zero-order chi connectivity index (χ0) is 13.7. The number of methoxy groups -OCH3 is 1. The second-order valence-corrected chi connectivity index (χ2v) is 4.20. The van der Waals surface area contributed by atoms with Gasteiger partial charge in [0.25, 0.3) is 0 Å². The van der Waals surface area contributed by atoms with Crippen molar-refractivity contribution in [1.29, 1.82) is 0 Å². The molecule has 0 aliphatic heterocycles. The number of ether oxygens (including phenoxy) is 2. The maximum absolute atomic E-state index is 5.43. The van der Waals surface area contributed by atoms with Crippen molar-refractivity contribution in [2.24, 2.45) is 0 Å². The molecule has 0 radical (unpaired) electrons. The molecule has 1 heterocycles. The van der Waals surface area contributed by atoms with Gasteiger partial charge in [0, 0.05) is 12.3 Å². The summed E-state index contributed by atoms with van der Waals surface area (Å²) in [6, 6.07) is 10.2. The summed E-state index contributed by atoms with van der Waals surface area (Å²) in [7, 11) is 1.70. The van der Waals surface area contributed by atoms with Gasteiger partial charge in [-0.2, -0.15) is 0 Å². The van der Waals surface area contributed by atoms with Gasteiger partial charge in [0.2, 0.25) is 5.88 Å². The highest BCUT2D eigenvalue weighted by Crippen LogP contribution is 2.28. The van der Waals surface area contributed by atoms with Crippen LogP contribution in [-0.2, 0) is 6.42 Å². The van der Waals surface area contributed by atoms with Crippen LogP contribution in [0, 0.1) is 0 Å². The molecule has 1 aromatic carbocycles. The maximum atomic E-state index is 5.43. The first-order valence-corrected chi connectivity index (χ1v) is 6.54. The molecule has 0 bridgehead atoms. The van der Waals surface area contributed by atoms with E-state index in [4.69, 9.17) is 9.47 Å². The summed E-state index contributed by atoms with van der Waals surface area (Å²) in [6.07, 6.45) is 2.72. The fourth-order valence-electron chi connectivity index (χ4n) is 2.05. The lowest BCUT2D eigenvalue weighted by Gasteiger charge is -2.10. The molecule has 3 heteroatoms. The van der Waals surface area contributed by atoms with Gasteiger partial charge >= 0.3 is 0 Å². The topological polar surface area (TPSA) is 31.4 Å². The van der Waals surface area contributed by atoms with Crippen molar-refractivity contribution in [2.45, 2.75) is 20.3 Å². The van der Waals surface area contributed by atoms with Gasteiger partial charge < -0.3 is 9.47 Å². The molecule has 0 saturated heterocycles. The number of aromatic nitrogens is 1. The molecule has 1 aromatic heterocycles. The molecule has 0 aliphatic rings. The fraction of sp³-hybridized carbons (Fsp3) is 0.312. The zero-order valence-corrected chi connectivity index (χ0v) is 11.6. The first-order valence-electron chi connectivity index (χ1n) is 6.54. The molecule has 0 aliphatic carbocycles. The van der Waals surface area contributed by atoms with Crippen LogP contribution in [0.15, 0.2) is 36.5 Å². The largest absolute Gasteiger partial charge is 0.496 e. The highest BCUT2D eigenvalue weighted by molar-refractivity contribution is 5.66. The number of rotatable bonds is 5. The Hall–Kier alpha value is -2.03. The van der Waals surface area contributed by atoms with Crippen LogP contribution >= 0.6 is 0 Å². The molecule has 0 spiro atoms. The minimum absolute atomic E-state index is 0.624. The van der Waals surface area contributed by atoms with Gasteiger partial charge in [-0.05, 0) is 48.2 Å². The first kappa shape index (κ1) is 13.4. The highest BCUT2D eigenvalue weighted by atomic mass is 16.5. The monoisotopic (exact) mass is 257 g/mol. The van der Waals surface area contributed by atoms with Gasteiger partial charge in [-0.1, -0.05) is 13.0 Å². The van der Waals surface area contributed by atoms with E-state index in [0.717, 1.165) is 23.3 Å². The standard InChI is InChI=1S/C16H19NO2/c1-4-12-10-13(6-7-15(12)18-3)14-8-9-17-16(11-14)19-5-2/h6-11H,4-5H2,1-3H3. The van der Waals surface area contributed by atoms with E-state index in [2.05, 4.69) is 24.0 Å². The number of benzene rings is 1. The van der Waals surface area contributed by atoms with Crippen LogP contribution in [0.1, 0.15) is 19.4 Å². The summed E-state index contributed by atoms with van der Waals surface area (Å²) in [5.74, 6) is 1.60. The fourth-order valence-corrected chi connectivity index (χ4v) is 2.05. The van der Waals surface area contributed by atoms with Crippen molar-refractivity contribution < 1.29 is 9.47 Å². The molecule has 2 rings (SSSR count). The molecule has 0 amide bonds. The summed E-state index contributed by atoms with van der Waals surface area (Å²) < 4.78 is 10.8. The molecule has 0 unspecified atom stereocenters. The van der Waals surface area contributed by atoms with Crippen molar-refractivity contribution in [2.75, 3.05) is 13.7 Å². The summed E-state index contributed by atoms with van der Waals surface area (Å²) in [5.41, 5.74) is 3.46. The van der Waals surface area contributed by atoms with E-state index >= 15 is 0 Å². The van der Waals surface area contributed by atoms with E-state index in [-0.39, 0.29) is 0 Å². The minimum Gasteiger partial charge on any atom is -0.496 e. The highest BCUT2D eigenvalue weighted by Gasteiger charge is 2.05. The smallest absolute Gasteiger partial charge is 0.213 e. The van der Waals surface area contributed by atoms with E-state index in [1.54, 1.807) is 13.3 Å². The normalized spacial score (nSPS) is 10.3. The molecule has 2 aromatic rings. The SMILES string of the molecule is CCOc1cc(-c2ccc(OC)c(CC)c2)ccn1.